The van der Waals surface area contributed by atoms with E-state index in [1.54, 1.807) is 0 Å². The monoisotopic (exact) mass is 403 g/mol. The fourth-order valence-corrected chi connectivity index (χ4v) is 4.47. The molecule has 6 nitrogen and oxygen atoms in total. The van der Waals surface area contributed by atoms with E-state index < -0.39 is 11.7 Å². The minimum Gasteiger partial charge on any atom is -0.352 e. The van der Waals surface area contributed by atoms with Crippen LogP contribution in [-0.4, -0.2) is 47.0 Å². The largest absolute Gasteiger partial charge is 0.417 e. The molecule has 3 aliphatic heterocycles. The normalized spacial score (nSPS) is 21.1. The molecule has 152 valence electrons. The van der Waals surface area contributed by atoms with Crippen molar-refractivity contribution in [2.45, 2.75) is 32.1 Å². The Morgan fingerprint density at radius 1 is 1.24 bits per heavy atom. The van der Waals surface area contributed by atoms with Crippen molar-refractivity contribution >= 4 is 11.7 Å². The molecule has 29 heavy (non-hydrogen) atoms. The number of amides is 1. The van der Waals surface area contributed by atoms with Crippen LogP contribution in [0.15, 0.2) is 18.3 Å². The van der Waals surface area contributed by atoms with Crippen LogP contribution < -0.4 is 10.2 Å². The lowest BCUT2D eigenvalue weighted by molar-refractivity contribution is -0.137. The SMILES string of the molecule is Cc1cc2c(nc1N1CCc3ncc(C(F)(F)F)cc3C1)C1CNCCN1C2=O. The van der Waals surface area contributed by atoms with Gasteiger partial charge in [0.15, 0.2) is 0 Å². The van der Waals surface area contributed by atoms with Gasteiger partial charge in [0.2, 0.25) is 0 Å². The number of pyridine rings is 2. The standard InChI is InChI=1S/C20H20F3N5O/c1-11-6-14-17(16-9-24-3-5-28(16)19(14)29)26-18(11)27-4-2-15-12(10-27)7-13(8-25-15)20(21,22)23/h6-8,16,24H,2-5,9-10H2,1H3. The molecule has 0 bridgehead atoms. The zero-order valence-electron chi connectivity index (χ0n) is 15.9. The molecule has 2 aromatic rings. The van der Waals surface area contributed by atoms with Crippen molar-refractivity contribution in [3.8, 4) is 0 Å². The van der Waals surface area contributed by atoms with Gasteiger partial charge >= 0.3 is 6.18 Å². The number of aromatic nitrogens is 2. The number of alkyl halides is 3. The van der Waals surface area contributed by atoms with Gasteiger partial charge in [0.1, 0.15) is 5.82 Å². The Kier molecular flexibility index (Phi) is 4.06. The molecule has 5 heterocycles. The summed E-state index contributed by atoms with van der Waals surface area (Å²) in [5.74, 6) is 0.740. The molecule has 2 aromatic heterocycles. The molecule has 1 amide bonds. The zero-order valence-corrected chi connectivity index (χ0v) is 15.9. The number of anilines is 1. The molecule has 1 fully saturated rings. The maximum Gasteiger partial charge on any atom is 0.417 e. The zero-order chi connectivity index (χ0) is 20.3. The van der Waals surface area contributed by atoms with E-state index in [1.807, 2.05) is 22.8 Å². The average Bonchev–Trinajstić information content (AvgIpc) is 2.98. The number of fused-ring (bicyclic) bond motifs is 4. The molecular formula is C20H20F3N5O. The fraction of sp³-hybridized carbons (Fsp3) is 0.450. The van der Waals surface area contributed by atoms with Crippen molar-refractivity contribution in [3.63, 3.8) is 0 Å². The van der Waals surface area contributed by atoms with E-state index in [9.17, 15) is 18.0 Å². The van der Waals surface area contributed by atoms with Crippen LogP contribution in [0.4, 0.5) is 19.0 Å². The highest BCUT2D eigenvalue weighted by Gasteiger charge is 2.40. The second-order valence-corrected chi connectivity index (χ2v) is 7.78. The fourth-order valence-electron chi connectivity index (χ4n) is 4.47. The summed E-state index contributed by atoms with van der Waals surface area (Å²) in [5.41, 5.74) is 2.80. The predicted molar refractivity (Wildman–Crippen MR) is 99.6 cm³/mol. The Balaban J connectivity index is 1.50. The minimum atomic E-state index is -4.41. The van der Waals surface area contributed by atoms with Crippen LogP contribution in [0.1, 0.15) is 44.5 Å². The number of hydrogen-bond acceptors (Lipinski definition) is 5. The van der Waals surface area contributed by atoms with Gasteiger partial charge in [-0.25, -0.2) is 4.98 Å². The first-order valence-corrected chi connectivity index (χ1v) is 9.66. The maximum atomic E-state index is 13.1. The van der Waals surface area contributed by atoms with Crippen LogP contribution in [0.25, 0.3) is 0 Å². The van der Waals surface area contributed by atoms with E-state index in [0.717, 1.165) is 29.8 Å². The highest BCUT2D eigenvalue weighted by atomic mass is 19.4. The average molecular weight is 403 g/mol. The predicted octanol–water partition coefficient (Wildman–Crippen LogP) is 2.47. The Labute approximate surface area is 165 Å². The molecule has 3 aliphatic rings. The quantitative estimate of drug-likeness (QED) is 0.793. The molecule has 1 saturated heterocycles. The van der Waals surface area contributed by atoms with Crippen molar-refractivity contribution in [1.82, 2.24) is 20.2 Å². The molecule has 0 radical (unpaired) electrons. The Morgan fingerprint density at radius 3 is 2.86 bits per heavy atom. The lowest BCUT2D eigenvalue weighted by Crippen LogP contribution is -2.44. The number of carbonyl (C=O) groups is 1. The summed E-state index contributed by atoms with van der Waals surface area (Å²) in [6.45, 7) is 4.91. The highest BCUT2D eigenvalue weighted by molar-refractivity contribution is 5.99. The highest BCUT2D eigenvalue weighted by Crippen LogP contribution is 2.37. The molecule has 0 spiro atoms. The van der Waals surface area contributed by atoms with Crippen molar-refractivity contribution in [2.24, 2.45) is 0 Å². The number of aryl methyl sites for hydroxylation is 1. The Morgan fingerprint density at radius 2 is 2.07 bits per heavy atom. The third-order valence-corrected chi connectivity index (χ3v) is 5.93. The number of carbonyl (C=O) groups excluding carboxylic acids is 1. The van der Waals surface area contributed by atoms with Gasteiger partial charge in [0.25, 0.3) is 5.91 Å². The van der Waals surface area contributed by atoms with Gasteiger partial charge in [-0.15, -0.1) is 0 Å². The first kappa shape index (κ1) is 18.4. The van der Waals surface area contributed by atoms with Crippen molar-refractivity contribution in [2.75, 3.05) is 31.1 Å². The van der Waals surface area contributed by atoms with E-state index in [1.165, 1.54) is 6.07 Å². The van der Waals surface area contributed by atoms with Gasteiger partial charge in [-0.2, -0.15) is 13.2 Å². The van der Waals surface area contributed by atoms with E-state index in [4.69, 9.17) is 4.98 Å². The second kappa shape index (κ2) is 6.41. The van der Waals surface area contributed by atoms with Gasteiger partial charge in [-0.1, -0.05) is 0 Å². The van der Waals surface area contributed by atoms with Gasteiger partial charge in [0, 0.05) is 51.0 Å². The van der Waals surface area contributed by atoms with Crippen molar-refractivity contribution < 1.29 is 18.0 Å². The van der Waals surface area contributed by atoms with E-state index in [2.05, 4.69) is 10.3 Å². The van der Waals surface area contributed by atoms with Crippen LogP contribution >= 0.6 is 0 Å². The van der Waals surface area contributed by atoms with Gasteiger partial charge in [-0.3, -0.25) is 9.78 Å². The molecule has 1 unspecified atom stereocenters. The summed E-state index contributed by atoms with van der Waals surface area (Å²) >= 11 is 0. The van der Waals surface area contributed by atoms with Gasteiger partial charge in [-0.05, 0) is 30.2 Å². The summed E-state index contributed by atoms with van der Waals surface area (Å²) in [7, 11) is 0. The van der Waals surface area contributed by atoms with Gasteiger partial charge < -0.3 is 15.1 Å². The third kappa shape index (κ3) is 2.95. The molecule has 1 N–H and O–H groups in total. The van der Waals surface area contributed by atoms with Crippen LogP contribution in [0.5, 0.6) is 0 Å². The molecule has 0 aromatic carbocycles. The molecule has 0 aliphatic carbocycles. The van der Waals surface area contributed by atoms with Crippen LogP contribution in [0.3, 0.4) is 0 Å². The summed E-state index contributed by atoms with van der Waals surface area (Å²) in [6.07, 6.45) is -2.95. The smallest absolute Gasteiger partial charge is 0.352 e. The Bertz CT molecular complexity index is 1010. The lowest BCUT2D eigenvalue weighted by atomic mass is 10.0. The minimum absolute atomic E-state index is 0.0108. The summed E-state index contributed by atoms with van der Waals surface area (Å²) in [4.78, 5) is 25.4. The summed E-state index contributed by atoms with van der Waals surface area (Å²) < 4.78 is 39.2. The van der Waals surface area contributed by atoms with E-state index in [-0.39, 0.29) is 11.9 Å². The molecule has 9 heteroatoms. The first-order valence-electron chi connectivity index (χ1n) is 9.66. The molecule has 5 rings (SSSR count). The number of hydrogen-bond donors (Lipinski definition) is 1. The van der Waals surface area contributed by atoms with Crippen LogP contribution in [0.2, 0.25) is 0 Å². The third-order valence-electron chi connectivity index (χ3n) is 5.93. The van der Waals surface area contributed by atoms with Crippen molar-refractivity contribution in [1.29, 1.82) is 0 Å². The van der Waals surface area contributed by atoms with Crippen LogP contribution in [-0.2, 0) is 19.1 Å². The first-order chi connectivity index (χ1) is 13.8. The lowest BCUT2D eigenvalue weighted by Gasteiger charge is -2.32. The van der Waals surface area contributed by atoms with Crippen LogP contribution in [0, 0.1) is 6.92 Å². The number of halogens is 3. The maximum absolute atomic E-state index is 13.1. The molecule has 1 atom stereocenters. The Hall–Kier alpha value is -2.68. The topological polar surface area (TPSA) is 61.4 Å². The second-order valence-electron chi connectivity index (χ2n) is 7.78. The number of piperazine rings is 1. The number of rotatable bonds is 1. The summed E-state index contributed by atoms with van der Waals surface area (Å²) in [5, 5.41) is 3.30. The number of nitrogens with one attached hydrogen (secondary N) is 1. The van der Waals surface area contributed by atoms with E-state index >= 15 is 0 Å². The molecule has 0 saturated carbocycles. The number of nitrogens with zero attached hydrogens (tertiary/aromatic N) is 4. The van der Waals surface area contributed by atoms with E-state index in [0.29, 0.717) is 49.4 Å². The summed E-state index contributed by atoms with van der Waals surface area (Å²) in [6, 6.07) is 2.98. The van der Waals surface area contributed by atoms with Crippen molar-refractivity contribution in [3.05, 3.63) is 52.0 Å². The molecular weight excluding hydrogens is 383 g/mol. The van der Waals surface area contributed by atoms with Gasteiger partial charge in [0.05, 0.1) is 22.9 Å².